The Morgan fingerprint density at radius 3 is 0.756 bits per heavy atom. The van der Waals surface area contributed by atoms with Gasteiger partial charge in [0.2, 0.25) is 35.4 Å². The summed E-state index contributed by atoms with van der Waals surface area (Å²) in [6.45, 7) is 22.8. The highest BCUT2D eigenvalue weighted by Crippen LogP contribution is 2.25. The molecule has 0 N–H and O–H groups in total. The zero-order valence-corrected chi connectivity index (χ0v) is 52.4. The molecule has 0 saturated heterocycles. The molecule has 0 bridgehead atoms. The van der Waals surface area contributed by atoms with Crippen molar-refractivity contribution in [2.75, 3.05) is 120 Å². The Bertz CT molecular complexity index is 1350. The number of ether oxygens (including phenoxy) is 3. The minimum absolute atomic E-state index is 0.122. The lowest BCUT2D eigenvalue weighted by Crippen LogP contribution is -2.40. The molecule has 0 spiro atoms. The van der Waals surface area contributed by atoms with E-state index < -0.39 is 5.41 Å². The molecular weight excluding hydrogens is 985 g/mol. The van der Waals surface area contributed by atoms with Gasteiger partial charge in [0.1, 0.15) is 19.3 Å². The third-order valence-corrected chi connectivity index (χ3v) is 15.3. The van der Waals surface area contributed by atoms with Crippen LogP contribution in [0, 0.1) is 5.41 Å². The van der Waals surface area contributed by atoms with Crippen LogP contribution in [0.1, 0.15) is 248 Å². The maximum Gasteiger partial charge on any atom is 0.232 e. The molecule has 0 radical (unpaired) electrons. The van der Waals surface area contributed by atoms with E-state index in [9.17, 15) is 28.8 Å². The maximum atomic E-state index is 13.6. The van der Waals surface area contributed by atoms with Crippen molar-refractivity contribution in [3.8, 4) is 0 Å². The second-order valence-electron chi connectivity index (χ2n) is 22.6. The number of nitrogens with zero attached hydrogens (tertiary/aromatic N) is 6. The highest BCUT2D eigenvalue weighted by molar-refractivity contribution is 5.98. The van der Waals surface area contributed by atoms with Crippen molar-refractivity contribution < 1.29 is 43.0 Å². The summed E-state index contributed by atoms with van der Waals surface area (Å²) in [5.41, 5.74) is -0.490. The highest BCUT2D eigenvalue weighted by atomic mass is 16.5. The van der Waals surface area contributed by atoms with E-state index in [1.165, 1.54) is 57.8 Å². The Morgan fingerprint density at radius 1 is 0.282 bits per heavy atom. The quantitative estimate of drug-likeness (QED) is 0.0428. The lowest BCUT2D eigenvalue weighted by molar-refractivity contribution is -0.141. The first-order valence-corrected chi connectivity index (χ1v) is 32.0. The van der Waals surface area contributed by atoms with Gasteiger partial charge in [-0.2, -0.15) is 0 Å². The monoisotopic (exact) mass is 1110 g/mol. The van der Waals surface area contributed by atoms with Gasteiger partial charge in [0.25, 0.3) is 0 Å². The Labute approximate surface area is 478 Å². The molecule has 78 heavy (non-hydrogen) atoms. The Balaban J connectivity index is 6.15. The summed E-state index contributed by atoms with van der Waals surface area (Å²) in [5.74, 6) is -0.794. The van der Waals surface area contributed by atoms with Gasteiger partial charge in [-0.15, -0.1) is 0 Å². The maximum absolute atomic E-state index is 13.6. The zero-order chi connectivity index (χ0) is 58.1. The van der Waals surface area contributed by atoms with Crippen molar-refractivity contribution in [3.05, 3.63) is 0 Å². The summed E-state index contributed by atoms with van der Waals surface area (Å²) < 4.78 is 19.4. The average Bonchev–Trinajstić information content (AvgIpc) is 3.43. The molecule has 0 aliphatic rings. The fourth-order valence-corrected chi connectivity index (χ4v) is 9.39. The molecule has 6 amide bonds. The van der Waals surface area contributed by atoms with Gasteiger partial charge in [-0.3, -0.25) is 28.8 Å². The minimum atomic E-state index is -0.490. The van der Waals surface area contributed by atoms with Gasteiger partial charge in [-0.25, -0.2) is 0 Å². The van der Waals surface area contributed by atoms with Gasteiger partial charge >= 0.3 is 0 Å². The van der Waals surface area contributed by atoms with Crippen LogP contribution in [-0.4, -0.2) is 185 Å². The molecule has 0 unspecified atom stereocenters. The van der Waals surface area contributed by atoms with E-state index >= 15 is 0 Å². The fraction of sp³-hybridized carbons (Fsp3) is 0.905. The van der Waals surface area contributed by atoms with Gasteiger partial charge in [0.15, 0.2) is 0 Å². The first-order chi connectivity index (χ1) is 37.7. The van der Waals surface area contributed by atoms with Crippen molar-refractivity contribution in [2.45, 2.75) is 248 Å². The molecule has 458 valence electrons. The minimum Gasteiger partial charge on any atom is -0.381 e. The molecule has 0 aromatic rings. The Morgan fingerprint density at radius 2 is 0.513 bits per heavy atom. The van der Waals surface area contributed by atoms with Crippen LogP contribution in [0.3, 0.4) is 0 Å². The summed E-state index contributed by atoms with van der Waals surface area (Å²) in [7, 11) is 5.34. The van der Waals surface area contributed by atoms with Gasteiger partial charge in [0, 0.05) is 105 Å². The van der Waals surface area contributed by atoms with Gasteiger partial charge in [0.05, 0.1) is 19.8 Å². The molecule has 0 aliphatic heterocycles. The first kappa shape index (κ1) is 74.7. The van der Waals surface area contributed by atoms with Crippen LogP contribution in [0.4, 0.5) is 0 Å². The predicted octanol–water partition coefficient (Wildman–Crippen LogP) is 12.1. The van der Waals surface area contributed by atoms with Crippen LogP contribution >= 0.6 is 0 Å². The lowest BCUT2D eigenvalue weighted by atomic mass is 9.88. The van der Waals surface area contributed by atoms with Crippen molar-refractivity contribution >= 4 is 35.4 Å². The smallest absolute Gasteiger partial charge is 0.232 e. The van der Waals surface area contributed by atoms with Crippen molar-refractivity contribution in [3.63, 3.8) is 0 Å². The summed E-state index contributed by atoms with van der Waals surface area (Å²) in [6, 6.07) is 0. The van der Waals surface area contributed by atoms with Gasteiger partial charge in [-0.05, 0) is 64.2 Å². The zero-order valence-electron chi connectivity index (χ0n) is 52.4. The summed E-state index contributed by atoms with van der Waals surface area (Å²) in [5, 5.41) is 0. The SMILES string of the molecule is CCCCCCCCN(CCCOCC(CC)(COCCCN(CCCCCCCC)C(=O)CC(=O)N(C)CCCC)COCCCN(CCCCCCCC)C(=O)CC(=O)N(C)CCCC)C(=O)CC(=O)N(C)CCCC. The second kappa shape index (κ2) is 50.6. The molecule has 15 nitrogen and oxygen atoms in total. The van der Waals surface area contributed by atoms with Crippen LogP contribution in [0.5, 0.6) is 0 Å². The number of rotatable bonds is 55. The third kappa shape index (κ3) is 38.4. The molecule has 0 aromatic carbocycles. The van der Waals surface area contributed by atoms with E-state index in [1.54, 1.807) is 35.8 Å². The van der Waals surface area contributed by atoms with Crippen LogP contribution in [0.2, 0.25) is 0 Å². The lowest BCUT2D eigenvalue weighted by Gasteiger charge is -2.33. The number of amides is 6. The molecule has 0 aliphatic carbocycles. The number of hydrogen-bond donors (Lipinski definition) is 0. The molecule has 0 heterocycles. The molecule has 0 atom stereocenters. The summed E-state index contributed by atoms with van der Waals surface area (Å²) >= 11 is 0. The van der Waals surface area contributed by atoms with E-state index in [0.717, 1.165) is 103 Å². The number of carbonyl (C=O) groups is 6. The number of unbranched alkanes of at least 4 members (excludes halogenated alkanes) is 18. The molecule has 0 saturated carbocycles. The Hall–Kier alpha value is -3.30. The van der Waals surface area contributed by atoms with Crippen LogP contribution in [0.25, 0.3) is 0 Å². The predicted molar refractivity (Wildman–Crippen MR) is 320 cm³/mol. The highest BCUT2D eigenvalue weighted by Gasteiger charge is 2.31. The van der Waals surface area contributed by atoms with Crippen molar-refractivity contribution in [1.29, 1.82) is 0 Å². The van der Waals surface area contributed by atoms with Gasteiger partial charge in [-0.1, -0.05) is 164 Å². The average molecular weight is 1110 g/mol. The van der Waals surface area contributed by atoms with Crippen LogP contribution in [0.15, 0.2) is 0 Å². The Kier molecular flexibility index (Phi) is 48.5. The molecule has 0 fully saturated rings. The van der Waals surface area contributed by atoms with E-state index in [1.807, 2.05) is 14.7 Å². The van der Waals surface area contributed by atoms with Crippen LogP contribution in [-0.2, 0) is 43.0 Å². The largest absolute Gasteiger partial charge is 0.381 e. The summed E-state index contributed by atoms with van der Waals surface area (Å²) in [6.07, 6.45) is 28.0. The first-order valence-electron chi connectivity index (χ1n) is 32.0. The molecular formula is C63H122N6O9. The van der Waals surface area contributed by atoms with Gasteiger partial charge < -0.3 is 43.6 Å². The molecule has 0 rings (SSSR count). The summed E-state index contributed by atoms with van der Waals surface area (Å²) in [4.78, 5) is 90.5. The van der Waals surface area contributed by atoms with Crippen molar-refractivity contribution in [2.24, 2.45) is 5.41 Å². The van der Waals surface area contributed by atoms with Crippen LogP contribution < -0.4 is 0 Å². The normalized spacial score (nSPS) is 11.5. The fourth-order valence-electron chi connectivity index (χ4n) is 9.39. The second-order valence-corrected chi connectivity index (χ2v) is 22.6. The topological polar surface area (TPSA) is 150 Å². The van der Waals surface area contributed by atoms with E-state index in [-0.39, 0.29) is 54.7 Å². The molecule has 0 aromatic heterocycles. The number of carbonyl (C=O) groups excluding carboxylic acids is 6. The molecule has 15 heteroatoms. The van der Waals surface area contributed by atoms with E-state index in [4.69, 9.17) is 14.2 Å². The van der Waals surface area contributed by atoms with Crippen molar-refractivity contribution in [1.82, 2.24) is 29.4 Å². The number of hydrogen-bond acceptors (Lipinski definition) is 9. The standard InChI is InChI=1S/C63H122N6O9/c1-11-18-24-27-30-33-42-67(60(73)51-57(70)64(8)39-21-14-4)45-36-48-76-54-63(17-7,55-77-49-37-46-68(43-34-31-28-25-19-12-2)61(74)52-58(71)65(9)40-22-15-5)56-78-50-38-47-69(44-35-32-29-26-20-13-3)62(75)53-59(72)66(10)41-23-16-6/h11-56H2,1-10H3. The third-order valence-electron chi connectivity index (χ3n) is 15.3. The van der Waals surface area contributed by atoms with E-state index in [0.29, 0.717) is 118 Å². The van der Waals surface area contributed by atoms with E-state index in [2.05, 4.69) is 48.5 Å².